The number of halogens is 2. The quantitative estimate of drug-likeness (QED) is 0.790. The summed E-state index contributed by atoms with van der Waals surface area (Å²) >= 11 is 5.12. The van der Waals surface area contributed by atoms with Crippen molar-refractivity contribution >= 4 is 27.7 Å². The molecule has 1 atom stereocenters. The van der Waals surface area contributed by atoms with Crippen LogP contribution in [0.5, 0.6) is 5.75 Å². The van der Waals surface area contributed by atoms with Gasteiger partial charge in [0.2, 0.25) is 0 Å². The fourth-order valence-corrected chi connectivity index (χ4v) is 3.85. The van der Waals surface area contributed by atoms with Gasteiger partial charge in [0, 0.05) is 27.1 Å². The monoisotopic (exact) mass is 338 g/mol. The van der Waals surface area contributed by atoms with E-state index < -0.39 is 0 Å². The van der Waals surface area contributed by atoms with Gasteiger partial charge in [-0.1, -0.05) is 34.1 Å². The van der Waals surface area contributed by atoms with Crippen LogP contribution in [-0.4, -0.2) is 12.4 Å². The first-order valence-electron chi connectivity index (χ1n) is 6.03. The second-order valence-corrected chi connectivity index (χ2v) is 6.44. The van der Waals surface area contributed by atoms with E-state index in [0.717, 1.165) is 5.75 Å². The molecule has 0 fully saturated rings. The smallest absolute Gasteiger partial charge is 0.128 e. The lowest BCUT2D eigenvalue weighted by Gasteiger charge is -2.13. The highest BCUT2D eigenvalue weighted by Crippen LogP contribution is 2.39. The minimum atomic E-state index is -0.287. The van der Waals surface area contributed by atoms with E-state index in [2.05, 4.69) is 40.2 Å². The standard InChI is InChI=1S/C15H12BrFOS/c16-11-5-12(17)7-13(6-11)18-8-10-9-19-15-4-2-1-3-14(10)15/h1-7,10H,8-9H2. The molecule has 0 radical (unpaired) electrons. The predicted octanol–water partition coefficient (Wildman–Crippen LogP) is 4.86. The highest BCUT2D eigenvalue weighted by atomic mass is 79.9. The molecule has 0 saturated carbocycles. The summed E-state index contributed by atoms with van der Waals surface area (Å²) in [6.45, 7) is 0.583. The zero-order valence-corrected chi connectivity index (χ0v) is 12.5. The van der Waals surface area contributed by atoms with Gasteiger partial charge in [-0.25, -0.2) is 4.39 Å². The normalized spacial score (nSPS) is 17.3. The van der Waals surface area contributed by atoms with E-state index in [1.807, 2.05) is 11.8 Å². The number of benzene rings is 2. The maximum atomic E-state index is 13.3. The molecule has 0 aliphatic carbocycles. The molecule has 0 saturated heterocycles. The summed E-state index contributed by atoms with van der Waals surface area (Å²) in [7, 11) is 0. The molecule has 1 aliphatic rings. The van der Waals surface area contributed by atoms with Crippen LogP contribution in [0.4, 0.5) is 4.39 Å². The summed E-state index contributed by atoms with van der Waals surface area (Å²) in [5, 5.41) is 0. The van der Waals surface area contributed by atoms with Gasteiger partial charge in [-0.3, -0.25) is 0 Å². The minimum Gasteiger partial charge on any atom is -0.493 e. The van der Waals surface area contributed by atoms with Crippen molar-refractivity contribution in [3.63, 3.8) is 0 Å². The predicted molar refractivity (Wildman–Crippen MR) is 79.5 cm³/mol. The number of hydrogen-bond acceptors (Lipinski definition) is 2. The van der Waals surface area contributed by atoms with Gasteiger partial charge in [0.25, 0.3) is 0 Å². The lowest BCUT2D eigenvalue weighted by atomic mass is 10.0. The molecule has 1 aliphatic heterocycles. The maximum absolute atomic E-state index is 13.3. The van der Waals surface area contributed by atoms with Crippen molar-refractivity contribution in [2.45, 2.75) is 10.8 Å². The van der Waals surface area contributed by atoms with E-state index in [-0.39, 0.29) is 5.82 Å². The highest BCUT2D eigenvalue weighted by molar-refractivity contribution is 9.10. The van der Waals surface area contributed by atoms with Crippen LogP contribution in [0.2, 0.25) is 0 Å². The lowest BCUT2D eigenvalue weighted by Crippen LogP contribution is -2.09. The number of ether oxygens (including phenoxy) is 1. The molecule has 19 heavy (non-hydrogen) atoms. The van der Waals surface area contributed by atoms with Crippen molar-refractivity contribution in [3.8, 4) is 5.75 Å². The molecule has 3 rings (SSSR count). The Kier molecular flexibility index (Phi) is 3.80. The van der Waals surface area contributed by atoms with Crippen LogP contribution < -0.4 is 4.74 Å². The fraction of sp³-hybridized carbons (Fsp3) is 0.200. The molecule has 2 aromatic carbocycles. The third kappa shape index (κ3) is 2.95. The first-order valence-corrected chi connectivity index (χ1v) is 7.81. The van der Waals surface area contributed by atoms with E-state index in [1.54, 1.807) is 6.07 Å². The average molecular weight is 339 g/mol. The molecular formula is C15H12BrFOS. The molecule has 0 N–H and O–H groups in total. The van der Waals surface area contributed by atoms with Gasteiger partial charge in [-0.05, 0) is 23.8 Å². The maximum Gasteiger partial charge on any atom is 0.128 e. The van der Waals surface area contributed by atoms with Crippen molar-refractivity contribution in [2.24, 2.45) is 0 Å². The van der Waals surface area contributed by atoms with Crippen LogP contribution in [-0.2, 0) is 0 Å². The Balaban J connectivity index is 1.70. The Morgan fingerprint density at radius 1 is 1.26 bits per heavy atom. The zero-order chi connectivity index (χ0) is 13.2. The highest BCUT2D eigenvalue weighted by Gasteiger charge is 2.23. The van der Waals surface area contributed by atoms with Gasteiger partial charge in [0.05, 0.1) is 6.61 Å². The summed E-state index contributed by atoms with van der Waals surface area (Å²) in [4.78, 5) is 1.33. The molecule has 0 bridgehead atoms. The summed E-state index contributed by atoms with van der Waals surface area (Å²) in [6.07, 6.45) is 0. The van der Waals surface area contributed by atoms with Gasteiger partial charge < -0.3 is 4.74 Å². The molecule has 0 spiro atoms. The summed E-state index contributed by atoms with van der Waals surface area (Å²) in [6, 6.07) is 13.0. The fourth-order valence-electron chi connectivity index (χ4n) is 2.18. The molecule has 1 nitrogen and oxygen atoms in total. The Morgan fingerprint density at radius 3 is 2.95 bits per heavy atom. The van der Waals surface area contributed by atoms with Crippen molar-refractivity contribution in [2.75, 3.05) is 12.4 Å². The van der Waals surface area contributed by atoms with E-state index in [0.29, 0.717) is 22.7 Å². The third-order valence-electron chi connectivity index (χ3n) is 3.09. The van der Waals surface area contributed by atoms with Gasteiger partial charge in [-0.15, -0.1) is 11.8 Å². The molecule has 4 heteroatoms. The molecule has 0 aromatic heterocycles. The summed E-state index contributed by atoms with van der Waals surface area (Å²) < 4.78 is 19.7. The second-order valence-electron chi connectivity index (χ2n) is 4.46. The van der Waals surface area contributed by atoms with Crippen molar-refractivity contribution in [3.05, 3.63) is 58.3 Å². The van der Waals surface area contributed by atoms with Gasteiger partial charge in [0.1, 0.15) is 11.6 Å². The van der Waals surface area contributed by atoms with Crippen LogP contribution in [0.15, 0.2) is 51.8 Å². The SMILES string of the molecule is Fc1cc(Br)cc(OCC2CSc3ccccc32)c1. The number of thioether (sulfide) groups is 1. The van der Waals surface area contributed by atoms with E-state index >= 15 is 0 Å². The number of fused-ring (bicyclic) bond motifs is 1. The Morgan fingerprint density at radius 2 is 2.11 bits per heavy atom. The lowest BCUT2D eigenvalue weighted by molar-refractivity contribution is 0.296. The van der Waals surface area contributed by atoms with E-state index in [9.17, 15) is 4.39 Å². The van der Waals surface area contributed by atoms with Crippen LogP contribution >= 0.6 is 27.7 Å². The Labute approximate surface area is 124 Å². The molecule has 2 aromatic rings. The first kappa shape index (κ1) is 13.0. The Bertz CT molecular complexity index is 582. The molecule has 98 valence electrons. The largest absolute Gasteiger partial charge is 0.493 e. The minimum absolute atomic E-state index is 0.287. The van der Waals surface area contributed by atoms with Gasteiger partial charge >= 0.3 is 0 Å². The summed E-state index contributed by atoms with van der Waals surface area (Å²) in [5.41, 5.74) is 1.34. The first-order chi connectivity index (χ1) is 9.22. The average Bonchev–Trinajstić information content (AvgIpc) is 2.78. The van der Waals surface area contributed by atoms with E-state index in [1.165, 1.54) is 22.6 Å². The topological polar surface area (TPSA) is 9.23 Å². The van der Waals surface area contributed by atoms with Crippen molar-refractivity contribution < 1.29 is 9.13 Å². The van der Waals surface area contributed by atoms with Crippen LogP contribution in [0.25, 0.3) is 0 Å². The molecule has 1 unspecified atom stereocenters. The third-order valence-corrected chi connectivity index (χ3v) is 4.80. The van der Waals surface area contributed by atoms with Gasteiger partial charge in [-0.2, -0.15) is 0 Å². The zero-order valence-electron chi connectivity index (χ0n) is 10.1. The second kappa shape index (κ2) is 5.55. The van der Waals surface area contributed by atoms with Crippen LogP contribution in [0.1, 0.15) is 11.5 Å². The Hall–Kier alpha value is -1.00. The van der Waals surface area contributed by atoms with E-state index in [4.69, 9.17) is 4.74 Å². The van der Waals surface area contributed by atoms with Gasteiger partial charge in [0.15, 0.2) is 0 Å². The van der Waals surface area contributed by atoms with Crippen molar-refractivity contribution in [1.29, 1.82) is 0 Å². The van der Waals surface area contributed by atoms with Crippen molar-refractivity contribution in [1.82, 2.24) is 0 Å². The van der Waals surface area contributed by atoms with Crippen LogP contribution in [0, 0.1) is 5.82 Å². The van der Waals surface area contributed by atoms with Crippen LogP contribution in [0.3, 0.4) is 0 Å². The number of rotatable bonds is 3. The molecule has 0 amide bonds. The summed E-state index contributed by atoms with van der Waals surface area (Å²) in [5.74, 6) is 1.69. The molecular weight excluding hydrogens is 327 g/mol. The molecule has 1 heterocycles. The number of hydrogen-bond donors (Lipinski definition) is 0.